The van der Waals surface area contributed by atoms with Gasteiger partial charge >= 0.3 is 0 Å². The minimum atomic E-state index is 0.182. The van der Waals surface area contributed by atoms with Crippen LogP contribution in [-0.4, -0.2) is 4.57 Å². The Bertz CT molecular complexity index is 3220. The average Bonchev–Trinajstić information content (AvgIpc) is 3.90. The highest BCUT2D eigenvalue weighted by Gasteiger charge is 2.70. The van der Waals surface area contributed by atoms with Gasteiger partial charge in [0, 0.05) is 38.9 Å². The molecule has 0 saturated heterocycles. The molecule has 0 radical (unpaired) electrons. The highest BCUT2D eigenvalue weighted by Crippen LogP contribution is 2.78. The average molecular weight is 797 g/mol. The molecular weight excluding hydrogens is 749 g/mol. The first-order valence-corrected chi connectivity index (χ1v) is 23.0. The lowest BCUT2D eigenvalue weighted by Crippen LogP contribution is -2.58. The van der Waals surface area contributed by atoms with Gasteiger partial charge in [0.25, 0.3) is 0 Å². The number of nitrogens with zero attached hydrogens (tertiary/aromatic N) is 2. The number of aromatic nitrogens is 1. The van der Waals surface area contributed by atoms with Crippen LogP contribution in [0.4, 0.5) is 17.1 Å². The Labute approximate surface area is 364 Å². The smallest absolute Gasteiger partial charge is 0.0542 e. The van der Waals surface area contributed by atoms with Gasteiger partial charge in [0.15, 0.2) is 0 Å². The molecule has 4 fully saturated rings. The van der Waals surface area contributed by atoms with E-state index in [-0.39, 0.29) is 5.41 Å². The fraction of sp³-hybridized carbons (Fsp3) is 0.200. The summed E-state index contributed by atoms with van der Waals surface area (Å²) < 4.78 is 2.39. The number of para-hydroxylation sites is 2. The molecular formula is C60H48N2. The molecule has 0 amide bonds. The molecule has 9 aromatic rings. The standard InChI is InChI=1S/C60H48N2/c1-3-11-40(12-4-1)41-19-24-48(25-20-41)61(50-28-30-58-54(35-50)52-16-8-10-18-57(52)62(58)47-13-5-2-6-14-47)49-26-21-42(22-27-49)43-23-29-56-53(33-43)51-15-7-9-17-55(51)60(56)38-45-34-44-31-39-32-46(60)37-59(44,45)36-39/h1-30,33,35,39,44-46H,31-32,34,36-38H2. The summed E-state index contributed by atoms with van der Waals surface area (Å²) in [5.41, 5.74) is 19.1. The predicted molar refractivity (Wildman–Crippen MR) is 257 cm³/mol. The maximum absolute atomic E-state index is 2.56. The molecule has 3 bridgehead atoms. The Morgan fingerprint density at radius 2 is 1.02 bits per heavy atom. The largest absolute Gasteiger partial charge is 0.310 e. The molecule has 0 N–H and O–H groups in total. The van der Waals surface area contributed by atoms with E-state index < -0.39 is 0 Å². The van der Waals surface area contributed by atoms with Crippen LogP contribution in [0.15, 0.2) is 194 Å². The van der Waals surface area contributed by atoms with Gasteiger partial charge in [-0.15, -0.1) is 0 Å². The molecule has 8 aromatic carbocycles. The van der Waals surface area contributed by atoms with E-state index in [1.807, 2.05) is 0 Å². The van der Waals surface area contributed by atoms with Gasteiger partial charge in [-0.2, -0.15) is 0 Å². The van der Waals surface area contributed by atoms with Gasteiger partial charge in [0.1, 0.15) is 0 Å². The van der Waals surface area contributed by atoms with Gasteiger partial charge in [0.05, 0.1) is 11.0 Å². The molecule has 2 nitrogen and oxygen atoms in total. The number of rotatable bonds is 6. The summed E-state index contributed by atoms with van der Waals surface area (Å²) in [6, 6.07) is 72.7. The maximum atomic E-state index is 2.56. The van der Waals surface area contributed by atoms with Crippen LogP contribution in [0.1, 0.15) is 49.7 Å². The van der Waals surface area contributed by atoms with E-state index in [4.69, 9.17) is 0 Å². The molecule has 2 spiro atoms. The molecule has 0 aliphatic heterocycles. The monoisotopic (exact) mass is 796 g/mol. The Morgan fingerprint density at radius 1 is 0.403 bits per heavy atom. The quantitative estimate of drug-likeness (QED) is 0.163. The Kier molecular flexibility index (Phi) is 7.31. The van der Waals surface area contributed by atoms with Crippen LogP contribution >= 0.6 is 0 Å². The summed E-state index contributed by atoms with van der Waals surface area (Å²) in [4.78, 5) is 2.42. The van der Waals surface area contributed by atoms with Gasteiger partial charge in [-0.1, -0.05) is 127 Å². The zero-order valence-electron chi connectivity index (χ0n) is 34.9. The van der Waals surface area contributed by atoms with Gasteiger partial charge in [-0.25, -0.2) is 0 Å². The van der Waals surface area contributed by atoms with E-state index in [0.717, 1.165) is 40.7 Å². The van der Waals surface area contributed by atoms with Crippen molar-refractivity contribution in [2.75, 3.05) is 4.90 Å². The zero-order chi connectivity index (χ0) is 40.6. The van der Waals surface area contributed by atoms with E-state index >= 15 is 0 Å². The molecule has 298 valence electrons. The van der Waals surface area contributed by atoms with Crippen molar-refractivity contribution in [3.63, 3.8) is 0 Å². The topological polar surface area (TPSA) is 8.17 Å². The second-order valence-corrected chi connectivity index (χ2v) is 19.5. The molecule has 62 heavy (non-hydrogen) atoms. The maximum Gasteiger partial charge on any atom is 0.0542 e. The summed E-state index contributed by atoms with van der Waals surface area (Å²) in [7, 11) is 0. The summed E-state index contributed by atoms with van der Waals surface area (Å²) in [5, 5.41) is 2.50. The van der Waals surface area contributed by atoms with Crippen LogP contribution in [0.3, 0.4) is 0 Å². The zero-order valence-corrected chi connectivity index (χ0v) is 34.9. The molecule has 5 aliphatic carbocycles. The van der Waals surface area contributed by atoms with Crippen LogP contribution < -0.4 is 4.90 Å². The number of anilines is 3. The predicted octanol–water partition coefficient (Wildman–Crippen LogP) is 15.7. The summed E-state index contributed by atoms with van der Waals surface area (Å²) in [6.45, 7) is 0. The van der Waals surface area contributed by atoms with Crippen molar-refractivity contribution in [1.82, 2.24) is 4.57 Å². The van der Waals surface area contributed by atoms with Gasteiger partial charge in [0.2, 0.25) is 0 Å². The minimum Gasteiger partial charge on any atom is -0.310 e. The fourth-order valence-corrected chi connectivity index (χ4v) is 14.3. The lowest BCUT2D eigenvalue weighted by atomic mass is 9.40. The van der Waals surface area contributed by atoms with Crippen molar-refractivity contribution in [3.05, 3.63) is 205 Å². The van der Waals surface area contributed by atoms with Crippen LogP contribution in [0.5, 0.6) is 0 Å². The normalized spacial score (nSPS) is 24.8. The highest BCUT2D eigenvalue weighted by molar-refractivity contribution is 6.10. The number of hydrogen-bond acceptors (Lipinski definition) is 1. The second-order valence-electron chi connectivity index (χ2n) is 19.5. The molecule has 1 aromatic heterocycles. The van der Waals surface area contributed by atoms with Gasteiger partial charge in [-0.05, 0) is 179 Å². The second kappa shape index (κ2) is 12.9. The van der Waals surface area contributed by atoms with Crippen LogP contribution in [-0.2, 0) is 5.41 Å². The van der Waals surface area contributed by atoms with E-state index in [9.17, 15) is 0 Å². The van der Waals surface area contributed by atoms with E-state index in [1.165, 1.54) is 99.4 Å². The lowest BCUT2D eigenvalue weighted by Gasteiger charge is -2.64. The number of hydrogen-bond donors (Lipinski definition) is 0. The highest BCUT2D eigenvalue weighted by atomic mass is 15.1. The van der Waals surface area contributed by atoms with Crippen molar-refractivity contribution in [1.29, 1.82) is 0 Å². The molecule has 4 saturated carbocycles. The van der Waals surface area contributed by atoms with Crippen molar-refractivity contribution in [3.8, 4) is 39.1 Å². The summed E-state index contributed by atoms with van der Waals surface area (Å²) >= 11 is 0. The van der Waals surface area contributed by atoms with Crippen molar-refractivity contribution in [2.45, 2.75) is 43.9 Å². The molecule has 6 unspecified atom stereocenters. The molecule has 14 rings (SSSR count). The van der Waals surface area contributed by atoms with E-state index in [1.54, 1.807) is 11.1 Å². The third-order valence-electron chi connectivity index (χ3n) is 16.8. The number of benzene rings is 8. The van der Waals surface area contributed by atoms with Crippen molar-refractivity contribution < 1.29 is 0 Å². The lowest BCUT2D eigenvalue weighted by molar-refractivity contribution is -0.117. The summed E-state index contributed by atoms with van der Waals surface area (Å²) in [6.07, 6.45) is 8.77. The van der Waals surface area contributed by atoms with Crippen LogP contribution in [0.25, 0.3) is 60.9 Å². The van der Waals surface area contributed by atoms with Crippen molar-refractivity contribution in [2.24, 2.45) is 29.1 Å². The first-order valence-electron chi connectivity index (χ1n) is 23.0. The fourth-order valence-electron chi connectivity index (χ4n) is 14.3. The molecule has 1 heterocycles. The van der Waals surface area contributed by atoms with Crippen LogP contribution in [0.2, 0.25) is 0 Å². The van der Waals surface area contributed by atoms with Gasteiger partial charge < -0.3 is 9.47 Å². The third kappa shape index (κ3) is 4.81. The van der Waals surface area contributed by atoms with Crippen LogP contribution in [0, 0.1) is 29.1 Å². The summed E-state index contributed by atoms with van der Waals surface area (Å²) in [5.74, 6) is 3.65. The SMILES string of the molecule is c1ccc(-c2ccc(N(c3ccc(-c4ccc5c(c4)-c4ccccc4C54CC5CC6CC7CC4CC65C7)cc3)c3ccc4c(c3)c3ccccc3n4-c3ccccc3)cc2)cc1. The van der Waals surface area contributed by atoms with Crippen molar-refractivity contribution >= 4 is 38.9 Å². The minimum absolute atomic E-state index is 0.182. The number of fused-ring (bicyclic) bond motifs is 11. The Morgan fingerprint density at radius 3 is 1.82 bits per heavy atom. The Hall–Kier alpha value is -6.64. The van der Waals surface area contributed by atoms with E-state index in [2.05, 4.69) is 204 Å². The van der Waals surface area contributed by atoms with Gasteiger partial charge in [-0.3, -0.25) is 0 Å². The molecule has 2 heteroatoms. The first kappa shape index (κ1) is 35.0. The molecule has 5 aliphatic rings. The van der Waals surface area contributed by atoms with E-state index in [0.29, 0.717) is 5.41 Å². The Balaban J connectivity index is 0.869. The molecule has 6 atom stereocenters. The third-order valence-corrected chi connectivity index (χ3v) is 16.8. The first-order chi connectivity index (χ1) is 30.6.